The SMILES string of the molecule is O=C(c1cccs1)N1CCC[C@H](c2cn(-c3ccc(F)cc3)cn2)C1. The summed E-state index contributed by atoms with van der Waals surface area (Å²) >= 11 is 1.48. The minimum absolute atomic E-state index is 0.109. The van der Waals surface area contributed by atoms with E-state index in [-0.39, 0.29) is 17.6 Å². The van der Waals surface area contributed by atoms with Crippen LogP contribution in [0.25, 0.3) is 5.69 Å². The van der Waals surface area contributed by atoms with Crippen LogP contribution in [0, 0.1) is 5.82 Å². The molecule has 0 unspecified atom stereocenters. The predicted molar refractivity (Wildman–Crippen MR) is 95.7 cm³/mol. The fraction of sp³-hybridized carbons (Fsp3) is 0.263. The average molecular weight is 355 g/mol. The average Bonchev–Trinajstić information content (AvgIpc) is 3.34. The van der Waals surface area contributed by atoms with E-state index in [1.54, 1.807) is 18.5 Å². The van der Waals surface area contributed by atoms with E-state index in [0.29, 0.717) is 6.54 Å². The van der Waals surface area contributed by atoms with Crippen LogP contribution in [-0.2, 0) is 0 Å². The summed E-state index contributed by atoms with van der Waals surface area (Å²) in [5, 5.41) is 1.93. The maximum absolute atomic E-state index is 13.1. The number of likely N-dealkylation sites (tertiary alicyclic amines) is 1. The van der Waals surface area contributed by atoms with E-state index in [0.717, 1.165) is 35.6 Å². The number of nitrogens with zero attached hydrogens (tertiary/aromatic N) is 3. The number of thiophene rings is 1. The van der Waals surface area contributed by atoms with E-state index in [1.807, 2.05) is 33.2 Å². The van der Waals surface area contributed by atoms with Crippen molar-refractivity contribution in [2.24, 2.45) is 0 Å². The zero-order valence-corrected chi connectivity index (χ0v) is 14.5. The number of piperidine rings is 1. The molecule has 1 fully saturated rings. The lowest BCUT2D eigenvalue weighted by molar-refractivity contribution is 0.0711. The maximum Gasteiger partial charge on any atom is 0.263 e. The quantitative estimate of drug-likeness (QED) is 0.710. The molecule has 0 bridgehead atoms. The number of halogens is 1. The Labute approximate surface area is 149 Å². The lowest BCUT2D eigenvalue weighted by Gasteiger charge is -2.31. The lowest BCUT2D eigenvalue weighted by atomic mass is 9.95. The van der Waals surface area contributed by atoms with E-state index in [4.69, 9.17) is 0 Å². The van der Waals surface area contributed by atoms with Gasteiger partial charge in [-0.2, -0.15) is 0 Å². The van der Waals surface area contributed by atoms with Gasteiger partial charge in [0.1, 0.15) is 5.82 Å². The number of imidazole rings is 1. The number of hydrogen-bond donors (Lipinski definition) is 0. The molecule has 3 aromatic rings. The number of carbonyl (C=O) groups excluding carboxylic acids is 1. The van der Waals surface area contributed by atoms with Crippen LogP contribution in [0.4, 0.5) is 4.39 Å². The third-order valence-electron chi connectivity index (χ3n) is 4.59. The van der Waals surface area contributed by atoms with Crippen molar-refractivity contribution in [1.29, 1.82) is 0 Å². The van der Waals surface area contributed by atoms with Crippen molar-refractivity contribution in [3.05, 3.63) is 70.7 Å². The van der Waals surface area contributed by atoms with E-state index in [2.05, 4.69) is 4.98 Å². The van der Waals surface area contributed by atoms with Crippen LogP contribution in [-0.4, -0.2) is 33.4 Å². The molecular weight excluding hydrogens is 337 g/mol. The van der Waals surface area contributed by atoms with Crippen LogP contribution in [0.5, 0.6) is 0 Å². The van der Waals surface area contributed by atoms with Gasteiger partial charge in [-0.25, -0.2) is 9.37 Å². The van der Waals surface area contributed by atoms with E-state index < -0.39 is 0 Å². The van der Waals surface area contributed by atoms with Crippen LogP contribution in [0.15, 0.2) is 54.3 Å². The second kappa shape index (κ2) is 6.80. The Morgan fingerprint density at radius 2 is 2.08 bits per heavy atom. The molecule has 0 spiro atoms. The van der Waals surface area contributed by atoms with E-state index in [9.17, 15) is 9.18 Å². The second-order valence-corrected chi connectivity index (χ2v) is 7.20. The normalized spacial score (nSPS) is 17.6. The van der Waals surface area contributed by atoms with Crippen LogP contribution in [0.3, 0.4) is 0 Å². The fourth-order valence-electron chi connectivity index (χ4n) is 3.26. The molecule has 0 aliphatic carbocycles. The van der Waals surface area contributed by atoms with Crippen molar-refractivity contribution in [2.45, 2.75) is 18.8 Å². The highest BCUT2D eigenvalue weighted by Crippen LogP contribution is 2.28. The molecule has 4 nitrogen and oxygen atoms in total. The third kappa shape index (κ3) is 3.35. The fourth-order valence-corrected chi connectivity index (χ4v) is 3.95. The van der Waals surface area contributed by atoms with Crippen molar-refractivity contribution < 1.29 is 9.18 Å². The summed E-state index contributed by atoms with van der Waals surface area (Å²) in [4.78, 5) is 19.8. The van der Waals surface area contributed by atoms with Gasteiger partial charge >= 0.3 is 0 Å². The van der Waals surface area contributed by atoms with Gasteiger partial charge in [-0.3, -0.25) is 4.79 Å². The smallest absolute Gasteiger partial charge is 0.263 e. The molecule has 2 aromatic heterocycles. The molecule has 128 valence electrons. The van der Waals surface area contributed by atoms with Gasteiger partial charge in [-0.15, -0.1) is 11.3 Å². The number of benzene rings is 1. The standard InChI is InChI=1S/C19H18FN3OS/c20-15-5-7-16(8-6-15)23-12-17(21-13-23)14-3-1-9-22(11-14)19(24)18-4-2-10-25-18/h2,4-8,10,12-14H,1,3,9,11H2/t14-/m0/s1. The van der Waals surface area contributed by atoms with Gasteiger partial charge in [0.2, 0.25) is 0 Å². The first-order valence-corrected chi connectivity index (χ1v) is 9.21. The summed E-state index contributed by atoms with van der Waals surface area (Å²) in [6, 6.07) is 10.1. The second-order valence-electron chi connectivity index (χ2n) is 6.25. The van der Waals surface area contributed by atoms with Crippen molar-refractivity contribution in [2.75, 3.05) is 13.1 Å². The minimum atomic E-state index is -0.251. The van der Waals surface area contributed by atoms with Gasteiger partial charge in [0.15, 0.2) is 0 Å². The van der Waals surface area contributed by atoms with Crippen molar-refractivity contribution in [3.8, 4) is 5.69 Å². The number of rotatable bonds is 3. The van der Waals surface area contributed by atoms with Gasteiger partial charge < -0.3 is 9.47 Å². The molecule has 0 N–H and O–H groups in total. The minimum Gasteiger partial charge on any atom is -0.337 e. The molecule has 1 aliphatic rings. The monoisotopic (exact) mass is 355 g/mol. The molecule has 1 amide bonds. The largest absolute Gasteiger partial charge is 0.337 e. The Kier molecular flexibility index (Phi) is 4.36. The number of amides is 1. The van der Waals surface area contributed by atoms with Crippen LogP contribution < -0.4 is 0 Å². The number of carbonyl (C=O) groups is 1. The van der Waals surface area contributed by atoms with Gasteiger partial charge in [0.05, 0.1) is 16.9 Å². The van der Waals surface area contributed by atoms with Crippen LogP contribution >= 0.6 is 11.3 Å². The molecule has 3 heterocycles. The Morgan fingerprint density at radius 3 is 2.84 bits per heavy atom. The lowest BCUT2D eigenvalue weighted by Crippen LogP contribution is -2.38. The zero-order valence-electron chi connectivity index (χ0n) is 13.6. The summed E-state index contributed by atoms with van der Waals surface area (Å²) in [6.07, 6.45) is 5.74. The van der Waals surface area contributed by atoms with Crippen molar-refractivity contribution in [1.82, 2.24) is 14.5 Å². The number of aromatic nitrogens is 2. The molecule has 1 atom stereocenters. The van der Waals surface area contributed by atoms with Gasteiger partial charge in [0, 0.05) is 30.9 Å². The summed E-state index contributed by atoms with van der Waals surface area (Å²) in [5.41, 5.74) is 1.86. The highest BCUT2D eigenvalue weighted by atomic mass is 32.1. The van der Waals surface area contributed by atoms with Gasteiger partial charge in [-0.1, -0.05) is 6.07 Å². The molecule has 1 aliphatic heterocycles. The summed E-state index contributed by atoms with van der Waals surface area (Å²) in [7, 11) is 0. The molecule has 0 saturated carbocycles. The molecule has 1 aromatic carbocycles. The molecule has 4 rings (SSSR count). The Balaban J connectivity index is 1.50. The summed E-state index contributed by atoms with van der Waals surface area (Å²) in [6.45, 7) is 1.49. The molecule has 0 radical (unpaired) electrons. The highest BCUT2D eigenvalue weighted by molar-refractivity contribution is 7.12. The molecule has 25 heavy (non-hydrogen) atoms. The Morgan fingerprint density at radius 1 is 1.24 bits per heavy atom. The van der Waals surface area contributed by atoms with Crippen LogP contribution in [0.1, 0.15) is 34.1 Å². The van der Waals surface area contributed by atoms with Crippen molar-refractivity contribution >= 4 is 17.2 Å². The molecular formula is C19H18FN3OS. The highest BCUT2D eigenvalue weighted by Gasteiger charge is 2.27. The topological polar surface area (TPSA) is 38.1 Å². The van der Waals surface area contributed by atoms with E-state index >= 15 is 0 Å². The summed E-state index contributed by atoms with van der Waals surface area (Å²) < 4.78 is 15.0. The Bertz CT molecular complexity index is 857. The van der Waals surface area contributed by atoms with Gasteiger partial charge in [-0.05, 0) is 48.6 Å². The molecule has 1 saturated heterocycles. The van der Waals surface area contributed by atoms with E-state index in [1.165, 1.54) is 23.5 Å². The summed E-state index contributed by atoms with van der Waals surface area (Å²) in [5.74, 6) is 0.0936. The Hall–Kier alpha value is -2.47. The third-order valence-corrected chi connectivity index (χ3v) is 5.44. The first kappa shape index (κ1) is 16.0. The van der Waals surface area contributed by atoms with Crippen molar-refractivity contribution in [3.63, 3.8) is 0 Å². The zero-order chi connectivity index (χ0) is 17.2. The predicted octanol–water partition coefficient (Wildman–Crippen LogP) is 4.09. The van der Waals surface area contributed by atoms with Gasteiger partial charge in [0.25, 0.3) is 5.91 Å². The van der Waals surface area contributed by atoms with Crippen LogP contribution in [0.2, 0.25) is 0 Å². The maximum atomic E-state index is 13.1. The molecule has 6 heteroatoms. The first-order chi connectivity index (χ1) is 12.2. The first-order valence-electron chi connectivity index (χ1n) is 8.33. The number of hydrogen-bond acceptors (Lipinski definition) is 3.